The number of anilines is 2. The molecule has 5 heteroatoms. The lowest BCUT2D eigenvalue weighted by Crippen LogP contribution is -2.47. The first-order chi connectivity index (χ1) is 16.6. The summed E-state index contributed by atoms with van der Waals surface area (Å²) in [5.41, 5.74) is 5.55. The molecule has 0 aliphatic carbocycles. The largest absolute Gasteiger partial charge is 0.493 e. The molecule has 2 atom stereocenters. The van der Waals surface area contributed by atoms with Crippen LogP contribution in [0.1, 0.15) is 54.2 Å². The lowest BCUT2D eigenvalue weighted by Gasteiger charge is -2.46. The van der Waals surface area contributed by atoms with Crippen LogP contribution in [0.2, 0.25) is 0 Å². The van der Waals surface area contributed by atoms with Crippen molar-refractivity contribution in [3.63, 3.8) is 0 Å². The van der Waals surface area contributed by atoms with Gasteiger partial charge in [0.25, 0.3) is 5.91 Å². The van der Waals surface area contributed by atoms with E-state index in [-0.39, 0.29) is 18.0 Å². The molecule has 176 valence electrons. The van der Waals surface area contributed by atoms with E-state index in [2.05, 4.69) is 54.3 Å². The lowest BCUT2D eigenvalue weighted by molar-refractivity contribution is 0.0973. The number of nitrogens with zero attached hydrogens (tertiary/aromatic N) is 2. The summed E-state index contributed by atoms with van der Waals surface area (Å²) in [5.74, 6) is 1.21. The number of benzene rings is 3. The minimum atomic E-state index is -0.0150. The van der Waals surface area contributed by atoms with Crippen molar-refractivity contribution in [2.45, 2.75) is 45.2 Å². The Morgan fingerprint density at radius 3 is 2.56 bits per heavy atom. The summed E-state index contributed by atoms with van der Waals surface area (Å²) >= 11 is 0. The van der Waals surface area contributed by atoms with Gasteiger partial charge >= 0.3 is 0 Å². The van der Waals surface area contributed by atoms with Gasteiger partial charge in [-0.25, -0.2) is 0 Å². The van der Waals surface area contributed by atoms with Crippen LogP contribution in [0.25, 0.3) is 0 Å². The van der Waals surface area contributed by atoms with Crippen LogP contribution in [-0.2, 0) is 6.42 Å². The molecular weight excluding hydrogens is 424 g/mol. The number of carbonyl (C=O) groups is 1. The van der Waals surface area contributed by atoms with E-state index in [1.54, 1.807) is 13.2 Å². The highest BCUT2D eigenvalue weighted by atomic mass is 16.5. The van der Waals surface area contributed by atoms with Gasteiger partial charge < -0.3 is 19.3 Å². The minimum absolute atomic E-state index is 0.0150. The van der Waals surface area contributed by atoms with Crippen molar-refractivity contribution < 1.29 is 14.3 Å². The van der Waals surface area contributed by atoms with Crippen molar-refractivity contribution in [1.29, 1.82) is 0 Å². The van der Waals surface area contributed by atoms with Gasteiger partial charge in [-0.3, -0.25) is 4.79 Å². The van der Waals surface area contributed by atoms with Gasteiger partial charge in [0.05, 0.1) is 19.8 Å². The second-order valence-corrected chi connectivity index (χ2v) is 9.06. The molecule has 2 heterocycles. The van der Waals surface area contributed by atoms with Crippen LogP contribution < -0.4 is 19.3 Å². The summed E-state index contributed by atoms with van der Waals surface area (Å²) in [4.78, 5) is 18.3. The van der Waals surface area contributed by atoms with E-state index in [0.29, 0.717) is 23.7 Å². The van der Waals surface area contributed by atoms with E-state index in [1.807, 2.05) is 30.0 Å². The topological polar surface area (TPSA) is 42.0 Å². The standard InChI is InChI=1S/C29H32N2O3/c1-4-34-27-16-15-22(19-28(27)33-3)29(32)31-20(2)18-26(23-12-6-8-14-25(23)31)30-17-9-11-21-10-5-7-13-24(21)30/h5-8,10,12-16,19-20,26H,4,9,11,17-18H2,1-3H3. The Kier molecular flexibility index (Phi) is 6.18. The quantitative estimate of drug-likeness (QED) is 0.470. The molecule has 34 heavy (non-hydrogen) atoms. The molecule has 2 unspecified atom stereocenters. The molecule has 5 nitrogen and oxygen atoms in total. The number of fused-ring (bicyclic) bond motifs is 2. The lowest BCUT2D eigenvalue weighted by atomic mass is 9.88. The predicted octanol–water partition coefficient (Wildman–Crippen LogP) is 6.03. The van der Waals surface area contributed by atoms with Crippen LogP contribution in [-0.4, -0.2) is 32.2 Å². The maximum Gasteiger partial charge on any atom is 0.258 e. The maximum atomic E-state index is 13.8. The number of hydrogen-bond donors (Lipinski definition) is 0. The fourth-order valence-corrected chi connectivity index (χ4v) is 5.49. The highest BCUT2D eigenvalue weighted by Crippen LogP contribution is 2.44. The summed E-state index contributed by atoms with van der Waals surface area (Å²) in [6.45, 7) is 5.67. The zero-order valence-corrected chi connectivity index (χ0v) is 20.2. The van der Waals surface area contributed by atoms with Gasteiger partial charge in [-0.15, -0.1) is 0 Å². The zero-order valence-electron chi connectivity index (χ0n) is 20.2. The molecule has 0 radical (unpaired) electrons. The number of methoxy groups -OCH3 is 1. The third-order valence-corrected chi connectivity index (χ3v) is 7.01. The predicted molar refractivity (Wildman–Crippen MR) is 136 cm³/mol. The number of carbonyl (C=O) groups excluding carboxylic acids is 1. The Labute approximate surface area is 201 Å². The van der Waals surface area contributed by atoms with E-state index in [1.165, 1.54) is 16.8 Å². The first kappa shape index (κ1) is 22.3. The second kappa shape index (κ2) is 9.41. The molecule has 2 aliphatic heterocycles. The van der Waals surface area contributed by atoms with E-state index < -0.39 is 0 Å². The average molecular weight is 457 g/mol. The third-order valence-electron chi connectivity index (χ3n) is 7.01. The average Bonchev–Trinajstić information content (AvgIpc) is 2.88. The highest BCUT2D eigenvalue weighted by molar-refractivity contribution is 6.07. The molecule has 0 saturated carbocycles. The van der Waals surface area contributed by atoms with Crippen molar-refractivity contribution in [3.8, 4) is 11.5 Å². The van der Waals surface area contributed by atoms with Gasteiger partial charge in [-0.05, 0) is 74.6 Å². The summed E-state index contributed by atoms with van der Waals surface area (Å²) in [6, 6.07) is 22.9. The van der Waals surface area contributed by atoms with Crippen LogP contribution in [0.5, 0.6) is 11.5 Å². The van der Waals surface area contributed by atoms with Gasteiger partial charge in [0, 0.05) is 29.5 Å². The number of hydrogen-bond acceptors (Lipinski definition) is 4. The fourth-order valence-electron chi connectivity index (χ4n) is 5.49. The minimum Gasteiger partial charge on any atom is -0.493 e. The normalized spacial score (nSPS) is 19.3. The maximum absolute atomic E-state index is 13.8. The molecule has 0 aromatic heterocycles. The Hall–Kier alpha value is -3.47. The summed E-state index contributed by atoms with van der Waals surface area (Å²) < 4.78 is 11.1. The molecule has 2 aliphatic rings. The van der Waals surface area contributed by atoms with Gasteiger partial charge in [-0.2, -0.15) is 0 Å². The van der Waals surface area contributed by atoms with Crippen molar-refractivity contribution >= 4 is 17.3 Å². The Morgan fingerprint density at radius 2 is 1.76 bits per heavy atom. The van der Waals surface area contributed by atoms with E-state index in [9.17, 15) is 4.79 Å². The summed E-state index contributed by atoms with van der Waals surface area (Å²) in [6.07, 6.45) is 3.16. The van der Waals surface area contributed by atoms with E-state index in [4.69, 9.17) is 9.47 Å². The Bertz CT molecular complexity index is 1190. The zero-order chi connectivity index (χ0) is 23.7. The monoisotopic (exact) mass is 456 g/mol. The third kappa shape index (κ3) is 3.89. The molecule has 0 N–H and O–H groups in total. The van der Waals surface area contributed by atoms with Crippen LogP contribution >= 0.6 is 0 Å². The van der Waals surface area contributed by atoms with Gasteiger partial charge in [-0.1, -0.05) is 36.4 Å². The van der Waals surface area contributed by atoms with Crippen molar-refractivity contribution in [2.24, 2.45) is 0 Å². The van der Waals surface area contributed by atoms with Crippen LogP contribution in [0.3, 0.4) is 0 Å². The molecule has 0 saturated heterocycles. The Morgan fingerprint density at radius 1 is 1.00 bits per heavy atom. The Balaban J connectivity index is 1.51. The van der Waals surface area contributed by atoms with Crippen molar-refractivity contribution in [3.05, 3.63) is 83.4 Å². The highest BCUT2D eigenvalue weighted by Gasteiger charge is 2.37. The van der Waals surface area contributed by atoms with Crippen LogP contribution in [0.15, 0.2) is 66.7 Å². The molecule has 5 rings (SSSR count). The van der Waals surface area contributed by atoms with Gasteiger partial charge in [0.15, 0.2) is 11.5 Å². The number of amides is 1. The fraction of sp³-hybridized carbons (Fsp3) is 0.345. The molecule has 0 bridgehead atoms. The van der Waals surface area contributed by atoms with Crippen LogP contribution in [0, 0.1) is 0 Å². The molecule has 0 spiro atoms. The summed E-state index contributed by atoms with van der Waals surface area (Å²) in [7, 11) is 1.60. The number of para-hydroxylation sites is 2. The first-order valence-corrected chi connectivity index (χ1v) is 12.2. The first-order valence-electron chi connectivity index (χ1n) is 12.2. The number of rotatable bonds is 5. The molecule has 3 aromatic carbocycles. The van der Waals surface area contributed by atoms with Gasteiger partial charge in [0.1, 0.15) is 0 Å². The van der Waals surface area contributed by atoms with E-state index >= 15 is 0 Å². The van der Waals surface area contributed by atoms with Crippen LogP contribution in [0.4, 0.5) is 11.4 Å². The van der Waals surface area contributed by atoms with Crippen molar-refractivity contribution in [1.82, 2.24) is 0 Å². The molecule has 0 fully saturated rings. The van der Waals surface area contributed by atoms with Gasteiger partial charge in [0.2, 0.25) is 0 Å². The smallest absolute Gasteiger partial charge is 0.258 e. The van der Waals surface area contributed by atoms with Crippen molar-refractivity contribution in [2.75, 3.05) is 30.1 Å². The van der Waals surface area contributed by atoms with E-state index in [0.717, 1.165) is 31.5 Å². The number of aryl methyl sites for hydroxylation is 1. The SMILES string of the molecule is CCOc1ccc(C(=O)N2c3ccccc3C(N3CCCc4ccccc43)CC2C)cc1OC. The second-order valence-electron chi connectivity index (χ2n) is 9.06. The molecular formula is C29H32N2O3. The summed E-state index contributed by atoms with van der Waals surface area (Å²) in [5, 5.41) is 0. The number of ether oxygens (including phenoxy) is 2. The molecule has 1 amide bonds. The molecule has 3 aromatic rings.